The van der Waals surface area contributed by atoms with Gasteiger partial charge in [0.15, 0.2) is 0 Å². The van der Waals surface area contributed by atoms with E-state index in [1.54, 1.807) is 0 Å². The molecule has 0 spiro atoms. The fourth-order valence-electron chi connectivity index (χ4n) is 9.14. The normalized spacial score (nSPS) is 39.5. The Labute approximate surface area is 239 Å². The molecule has 3 unspecified atom stereocenters. The monoisotopic (exact) mass is 553 g/mol. The van der Waals surface area contributed by atoms with Crippen LogP contribution in [0.5, 0.6) is 0 Å². The molecule has 0 aromatic heterocycles. The van der Waals surface area contributed by atoms with Gasteiger partial charge in [-0.15, -0.1) is 0 Å². The van der Waals surface area contributed by atoms with E-state index in [9.17, 15) is 5.11 Å². The molecule has 0 saturated heterocycles. The molecule has 7 heteroatoms. The van der Waals surface area contributed by atoms with Gasteiger partial charge in [0.05, 0.1) is 12.2 Å². The average Bonchev–Trinajstić information content (AvgIpc) is 3.28. The van der Waals surface area contributed by atoms with Crippen molar-refractivity contribution in [1.29, 1.82) is 0 Å². The molecule has 3 saturated carbocycles. The van der Waals surface area contributed by atoms with Gasteiger partial charge in [0.2, 0.25) is 0 Å². The maximum atomic E-state index is 9.81. The van der Waals surface area contributed by atoms with Crippen molar-refractivity contribution in [2.24, 2.45) is 63.5 Å². The summed E-state index contributed by atoms with van der Waals surface area (Å²) in [5.74, 6) is 3.23. The molecule has 0 heterocycles. The third-order valence-electron chi connectivity index (χ3n) is 11.6. The molecule has 230 valence electrons. The van der Waals surface area contributed by atoms with E-state index >= 15 is 0 Å². The van der Waals surface area contributed by atoms with Crippen LogP contribution in [-0.4, -0.2) is 70.0 Å². The summed E-state index contributed by atoms with van der Waals surface area (Å²) < 4.78 is 19.5. The van der Waals surface area contributed by atoms with Crippen molar-refractivity contribution in [3.05, 3.63) is 0 Å². The van der Waals surface area contributed by atoms with Gasteiger partial charge in [0.25, 0.3) is 0 Å². The second-order valence-corrected chi connectivity index (χ2v) is 13.7. The number of aliphatic hydroxyl groups is 1. The molecule has 3 rings (SSSR count). The molecular weight excluding hydrogens is 490 g/mol. The molecule has 0 amide bonds. The zero-order valence-electron chi connectivity index (χ0n) is 25.8. The number of hydrogen-bond acceptors (Lipinski definition) is 7. The Kier molecular flexibility index (Phi) is 13.5. The Hall–Kier alpha value is -0.280. The lowest BCUT2D eigenvalue weighted by atomic mass is 9.47. The van der Waals surface area contributed by atoms with Gasteiger partial charge in [-0.3, -0.25) is 0 Å². The van der Waals surface area contributed by atoms with Crippen LogP contribution in [0.3, 0.4) is 0 Å². The van der Waals surface area contributed by atoms with Crippen molar-refractivity contribution in [3.8, 4) is 0 Å². The van der Waals surface area contributed by atoms with Gasteiger partial charge in [-0.1, -0.05) is 27.7 Å². The van der Waals surface area contributed by atoms with Gasteiger partial charge in [0, 0.05) is 38.4 Å². The fourth-order valence-corrected chi connectivity index (χ4v) is 9.14. The van der Waals surface area contributed by atoms with Crippen molar-refractivity contribution >= 4 is 0 Å². The van der Waals surface area contributed by atoms with Crippen LogP contribution in [0.2, 0.25) is 0 Å². The van der Waals surface area contributed by atoms with E-state index in [-0.39, 0.29) is 23.5 Å². The average molecular weight is 554 g/mol. The van der Waals surface area contributed by atoms with Crippen molar-refractivity contribution in [2.75, 3.05) is 52.7 Å². The molecule has 39 heavy (non-hydrogen) atoms. The second kappa shape index (κ2) is 15.8. The van der Waals surface area contributed by atoms with Crippen molar-refractivity contribution in [3.63, 3.8) is 0 Å². The molecule has 0 aromatic rings. The molecular formula is C32H63N3O4. The summed E-state index contributed by atoms with van der Waals surface area (Å²) in [5.41, 5.74) is 17.7. The quantitative estimate of drug-likeness (QED) is 0.198. The Morgan fingerprint density at radius 1 is 0.872 bits per heavy atom. The summed E-state index contributed by atoms with van der Waals surface area (Å²) in [6.07, 6.45) is 11.1. The summed E-state index contributed by atoms with van der Waals surface area (Å²) in [7, 11) is 0. The smallest absolute Gasteiger partial charge is 0.0637 e. The molecule has 3 aliphatic carbocycles. The summed E-state index contributed by atoms with van der Waals surface area (Å²) in [4.78, 5) is 0. The highest BCUT2D eigenvalue weighted by atomic mass is 16.5. The molecule has 7 N–H and O–H groups in total. The molecule has 0 radical (unpaired) electrons. The van der Waals surface area contributed by atoms with Gasteiger partial charge < -0.3 is 36.5 Å². The fraction of sp³-hybridized carbons (Fsp3) is 1.00. The SMILES string of the molecule is CC1C[C@H](OCCCN)CC[C@]1(C)[C@H]1C[C@H](OCCCN)C2(C)[C@@H]([C@H](C)CCO)CC[C@H]2C1COCCCN. The molecule has 10 atom stereocenters. The van der Waals surface area contributed by atoms with Crippen LogP contribution in [0.15, 0.2) is 0 Å². The van der Waals surface area contributed by atoms with E-state index < -0.39 is 0 Å². The van der Waals surface area contributed by atoms with Crippen LogP contribution in [0.4, 0.5) is 0 Å². The standard InChI is InChI=1S/C32H63N3O4/c1-23(11-16-36)27-8-9-28-26(22-37-17-5-13-33)29(21-30(32(27,28)4)39-19-7-15-35)31(3)12-10-25(20-24(31)2)38-18-6-14-34/h23-30,36H,5-22,33-35H2,1-4H3/t23-,24?,25-,26?,27-,28+,29+,30+,31+,32?/m1/s1. The van der Waals surface area contributed by atoms with E-state index in [1.165, 1.54) is 19.3 Å². The Morgan fingerprint density at radius 2 is 1.54 bits per heavy atom. The number of nitrogens with two attached hydrogens (primary N) is 3. The van der Waals surface area contributed by atoms with Gasteiger partial charge in [-0.25, -0.2) is 0 Å². The summed E-state index contributed by atoms with van der Waals surface area (Å²) >= 11 is 0. The van der Waals surface area contributed by atoms with Crippen LogP contribution >= 0.6 is 0 Å². The minimum atomic E-state index is 0.0870. The highest BCUT2D eigenvalue weighted by Crippen LogP contribution is 2.66. The van der Waals surface area contributed by atoms with E-state index in [4.69, 9.17) is 31.4 Å². The largest absolute Gasteiger partial charge is 0.396 e. The maximum Gasteiger partial charge on any atom is 0.0637 e. The van der Waals surface area contributed by atoms with E-state index in [0.717, 1.165) is 71.4 Å². The first-order chi connectivity index (χ1) is 18.8. The van der Waals surface area contributed by atoms with Crippen LogP contribution in [0, 0.1) is 46.3 Å². The van der Waals surface area contributed by atoms with Gasteiger partial charge in [-0.2, -0.15) is 0 Å². The van der Waals surface area contributed by atoms with Gasteiger partial charge in [-0.05, 0) is 125 Å². The van der Waals surface area contributed by atoms with Gasteiger partial charge in [0.1, 0.15) is 0 Å². The zero-order chi connectivity index (χ0) is 28.5. The number of rotatable bonds is 17. The number of aliphatic hydroxyl groups excluding tert-OH is 1. The highest BCUT2D eigenvalue weighted by Gasteiger charge is 2.62. The third kappa shape index (κ3) is 7.57. The van der Waals surface area contributed by atoms with E-state index in [2.05, 4.69) is 27.7 Å². The Bertz CT molecular complexity index is 698. The summed E-state index contributed by atoms with van der Waals surface area (Å²) in [6.45, 7) is 15.3. The molecule has 3 fully saturated rings. The lowest BCUT2D eigenvalue weighted by molar-refractivity contribution is -0.184. The minimum Gasteiger partial charge on any atom is -0.396 e. The van der Waals surface area contributed by atoms with Gasteiger partial charge >= 0.3 is 0 Å². The predicted octanol–water partition coefficient (Wildman–Crippen LogP) is 4.33. The molecule has 3 aliphatic rings. The van der Waals surface area contributed by atoms with E-state index in [1.807, 2.05) is 0 Å². The first-order valence-corrected chi connectivity index (χ1v) is 16.3. The van der Waals surface area contributed by atoms with Crippen molar-refractivity contribution in [1.82, 2.24) is 0 Å². The predicted molar refractivity (Wildman–Crippen MR) is 159 cm³/mol. The van der Waals surface area contributed by atoms with Crippen LogP contribution < -0.4 is 17.2 Å². The lowest BCUT2D eigenvalue weighted by Gasteiger charge is -2.60. The number of fused-ring (bicyclic) bond motifs is 1. The van der Waals surface area contributed by atoms with Crippen molar-refractivity contribution < 1.29 is 19.3 Å². The first kappa shape index (κ1) is 33.2. The molecule has 0 bridgehead atoms. The Morgan fingerprint density at radius 3 is 2.18 bits per heavy atom. The van der Waals surface area contributed by atoms with E-state index in [0.29, 0.717) is 61.2 Å². The number of ether oxygens (including phenoxy) is 3. The number of hydrogen-bond donors (Lipinski definition) is 4. The summed E-state index contributed by atoms with van der Waals surface area (Å²) in [6, 6.07) is 0. The summed E-state index contributed by atoms with van der Waals surface area (Å²) in [5, 5.41) is 9.81. The Balaban J connectivity index is 1.90. The molecule has 0 aliphatic heterocycles. The lowest BCUT2D eigenvalue weighted by Crippen LogP contribution is -2.58. The maximum absolute atomic E-state index is 9.81. The van der Waals surface area contributed by atoms with Crippen LogP contribution in [0.1, 0.15) is 91.9 Å². The zero-order valence-corrected chi connectivity index (χ0v) is 25.8. The topological polar surface area (TPSA) is 126 Å². The minimum absolute atomic E-state index is 0.0870. The van der Waals surface area contributed by atoms with Crippen LogP contribution in [-0.2, 0) is 14.2 Å². The third-order valence-corrected chi connectivity index (χ3v) is 11.6. The molecule has 7 nitrogen and oxygen atoms in total. The second-order valence-electron chi connectivity index (χ2n) is 13.7. The highest BCUT2D eigenvalue weighted by molar-refractivity contribution is 5.11. The molecule has 0 aromatic carbocycles. The van der Waals surface area contributed by atoms with Crippen molar-refractivity contribution in [2.45, 2.75) is 104 Å². The van der Waals surface area contributed by atoms with Crippen LogP contribution in [0.25, 0.3) is 0 Å². The first-order valence-electron chi connectivity index (χ1n) is 16.3.